The van der Waals surface area contributed by atoms with Crippen LogP contribution >= 0.6 is 0 Å². The molecule has 1 aromatic carbocycles. The minimum Gasteiger partial charge on any atom is -0.478 e. The van der Waals surface area contributed by atoms with Gasteiger partial charge in [0.25, 0.3) is 0 Å². The Hall–Kier alpha value is -2.16. The molecule has 0 aliphatic heterocycles. The molecule has 0 spiro atoms. The van der Waals surface area contributed by atoms with E-state index in [1.165, 1.54) is 18.2 Å². The topological polar surface area (TPSA) is 236 Å². The number of carboxylic acid groups (broad SMARTS) is 2. The summed E-state index contributed by atoms with van der Waals surface area (Å²) in [6.45, 7) is -3.25. The molecule has 0 unspecified atom stereocenters. The third-order valence-electron chi connectivity index (χ3n) is 4.04. The van der Waals surface area contributed by atoms with Gasteiger partial charge in [0, 0.05) is 0 Å². The summed E-state index contributed by atoms with van der Waals surface area (Å²) in [6.07, 6.45) is 0. The molecular weight excluding hydrogens is 408 g/mol. The molecule has 0 aromatic heterocycles. The van der Waals surface area contributed by atoms with Gasteiger partial charge < -0.3 is 51.1 Å². The van der Waals surface area contributed by atoms with E-state index in [4.69, 9.17) is 51.1 Å². The molecule has 30 heavy (non-hydrogen) atoms. The maximum Gasteiger partial charge on any atom is 0.335 e. The van der Waals surface area contributed by atoms with Gasteiger partial charge in [-0.15, -0.1) is 0 Å². The second kappa shape index (κ2) is 15.6. The van der Waals surface area contributed by atoms with Crippen LogP contribution in [-0.2, 0) is 0 Å². The summed E-state index contributed by atoms with van der Waals surface area (Å²) >= 11 is 0. The summed E-state index contributed by atoms with van der Waals surface area (Å²) in [6, 6.07) is 5.20. The first kappa shape index (κ1) is 30.0. The second-order valence-electron chi connectivity index (χ2n) is 6.46. The van der Waals surface area contributed by atoms with Gasteiger partial charge in [-0.25, -0.2) is 9.59 Å². The van der Waals surface area contributed by atoms with Crippen molar-refractivity contribution >= 4 is 11.9 Å². The van der Waals surface area contributed by atoms with Crippen LogP contribution in [0.3, 0.4) is 0 Å². The van der Waals surface area contributed by atoms with Gasteiger partial charge in [-0.1, -0.05) is 6.07 Å². The highest BCUT2D eigenvalue weighted by Gasteiger charge is 2.27. The van der Waals surface area contributed by atoms with Crippen molar-refractivity contribution < 1.29 is 60.7 Å². The average molecular weight is 438 g/mol. The molecule has 0 atom stereocenters. The van der Waals surface area contributed by atoms with E-state index in [2.05, 4.69) is 0 Å². The third kappa shape index (κ3) is 10.0. The van der Waals surface area contributed by atoms with Crippen LogP contribution in [0.15, 0.2) is 24.3 Å². The SMILES string of the molecule is O=C(O)c1cccc(C(=O)O)c1.OCC(CO)(CO)CO.OCC(CO)(CO)CO. The maximum atomic E-state index is 10.4. The number of hydrogen-bond donors (Lipinski definition) is 10. The predicted molar refractivity (Wildman–Crippen MR) is 102 cm³/mol. The maximum absolute atomic E-state index is 10.4. The Morgan fingerprint density at radius 1 is 0.567 bits per heavy atom. The molecule has 12 nitrogen and oxygen atoms in total. The number of rotatable bonds is 10. The van der Waals surface area contributed by atoms with Crippen LogP contribution in [0.1, 0.15) is 20.7 Å². The van der Waals surface area contributed by atoms with Gasteiger partial charge >= 0.3 is 11.9 Å². The quantitative estimate of drug-likeness (QED) is 0.175. The Bertz CT molecular complexity index is 527. The summed E-state index contributed by atoms with van der Waals surface area (Å²) in [7, 11) is 0. The van der Waals surface area contributed by atoms with Crippen molar-refractivity contribution in [3.63, 3.8) is 0 Å². The molecule has 0 fully saturated rings. The van der Waals surface area contributed by atoms with E-state index in [0.29, 0.717) is 0 Å². The van der Waals surface area contributed by atoms with Gasteiger partial charge in [-0.3, -0.25) is 0 Å². The highest BCUT2D eigenvalue weighted by Crippen LogP contribution is 2.12. The predicted octanol–water partition coefficient (Wildman–Crippen LogP) is -3.03. The number of aliphatic hydroxyl groups is 8. The lowest BCUT2D eigenvalue weighted by Gasteiger charge is -2.23. The zero-order valence-corrected chi connectivity index (χ0v) is 16.3. The van der Waals surface area contributed by atoms with Gasteiger partial charge in [0.15, 0.2) is 0 Å². The Morgan fingerprint density at radius 3 is 0.933 bits per heavy atom. The van der Waals surface area contributed by atoms with Crippen molar-refractivity contribution in [1.29, 1.82) is 0 Å². The number of carboxylic acids is 2. The smallest absolute Gasteiger partial charge is 0.335 e. The van der Waals surface area contributed by atoms with Crippen molar-refractivity contribution in [3.8, 4) is 0 Å². The van der Waals surface area contributed by atoms with E-state index < -0.39 is 75.6 Å². The Morgan fingerprint density at radius 2 is 0.800 bits per heavy atom. The van der Waals surface area contributed by atoms with Crippen LogP contribution in [0.2, 0.25) is 0 Å². The lowest BCUT2D eigenvalue weighted by molar-refractivity contribution is -0.0332. The Balaban J connectivity index is 0. The zero-order valence-electron chi connectivity index (χ0n) is 16.3. The van der Waals surface area contributed by atoms with Crippen LogP contribution in [0.25, 0.3) is 0 Å². The van der Waals surface area contributed by atoms with Crippen molar-refractivity contribution in [1.82, 2.24) is 0 Å². The molecule has 174 valence electrons. The first-order valence-electron chi connectivity index (χ1n) is 8.54. The van der Waals surface area contributed by atoms with Gasteiger partial charge in [-0.05, 0) is 18.2 Å². The molecule has 0 saturated carbocycles. The van der Waals surface area contributed by atoms with Gasteiger partial charge in [-0.2, -0.15) is 0 Å². The molecule has 0 bridgehead atoms. The van der Waals surface area contributed by atoms with Gasteiger partial charge in [0.05, 0.1) is 74.8 Å². The van der Waals surface area contributed by atoms with E-state index in [9.17, 15) is 9.59 Å². The van der Waals surface area contributed by atoms with Crippen molar-refractivity contribution in [2.45, 2.75) is 0 Å². The lowest BCUT2D eigenvalue weighted by atomic mass is 9.93. The first-order valence-corrected chi connectivity index (χ1v) is 8.54. The number of benzene rings is 1. The monoisotopic (exact) mass is 438 g/mol. The van der Waals surface area contributed by atoms with Crippen molar-refractivity contribution in [2.24, 2.45) is 10.8 Å². The highest BCUT2D eigenvalue weighted by atomic mass is 16.4. The fraction of sp³-hybridized carbons (Fsp3) is 0.556. The van der Waals surface area contributed by atoms with Crippen LogP contribution in [-0.4, -0.2) is 116 Å². The van der Waals surface area contributed by atoms with Gasteiger partial charge in [0.2, 0.25) is 0 Å². The second-order valence-corrected chi connectivity index (χ2v) is 6.46. The van der Waals surface area contributed by atoms with E-state index in [-0.39, 0.29) is 11.1 Å². The van der Waals surface area contributed by atoms with Crippen molar-refractivity contribution in [2.75, 3.05) is 52.9 Å². The molecule has 1 rings (SSSR count). The summed E-state index contributed by atoms with van der Waals surface area (Å²) in [4.78, 5) is 20.8. The Kier molecular flexibility index (Phi) is 15.7. The first-order chi connectivity index (χ1) is 14.1. The van der Waals surface area contributed by atoms with Crippen LogP contribution in [0, 0.1) is 10.8 Å². The van der Waals surface area contributed by atoms with Crippen LogP contribution in [0.5, 0.6) is 0 Å². The normalized spacial score (nSPS) is 10.9. The lowest BCUT2D eigenvalue weighted by Crippen LogP contribution is -2.37. The minimum atomic E-state index is -1.13. The van der Waals surface area contributed by atoms with E-state index in [1.54, 1.807) is 0 Å². The van der Waals surface area contributed by atoms with Crippen LogP contribution < -0.4 is 0 Å². The number of hydrogen-bond acceptors (Lipinski definition) is 10. The molecule has 0 amide bonds. The van der Waals surface area contributed by atoms with Gasteiger partial charge in [0.1, 0.15) is 0 Å². The average Bonchev–Trinajstić information content (AvgIpc) is 2.79. The fourth-order valence-corrected chi connectivity index (χ4v) is 1.39. The molecule has 0 saturated heterocycles. The molecule has 0 radical (unpaired) electrons. The number of carbonyl (C=O) groups is 2. The largest absolute Gasteiger partial charge is 0.478 e. The fourth-order valence-electron chi connectivity index (χ4n) is 1.39. The summed E-state index contributed by atoms with van der Waals surface area (Å²) in [5, 5.41) is 85.0. The summed E-state index contributed by atoms with van der Waals surface area (Å²) < 4.78 is 0. The molecule has 12 heteroatoms. The number of aliphatic hydroxyl groups excluding tert-OH is 8. The summed E-state index contributed by atoms with van der Waals surface area (Å²) in [5.41, 5.74) is -2.26. The molecule has 0 heterocycles. The Labute approximate surface area is 172 Å². The van der Waals surface area contributed by atoms with Crippen molar-refractivity contribution in [3.05, 3.63) is 35.4 Å². The number of aromatic carboxylic acids is 2. The van der Waals surface area contributed by atoms with Crippen LogP contribution in [0.4, 0.5) is 0 Å². The molecule has 0 aliphatic rings. The molecule has 1 aromatic rings. The third-order valence-corrected chi connectivity index (χ3v) is 4.04. The molecular formula is C18H30O12. The van der Waals surface area contributed by atoms with E-state index >= 15 is 0 Å². The van der Waals surface area contributed by atoms with E-state index in [0.717, 1.165) is 6.07 Å². The standard InChI is InChI=1S/C8H6O4.2C5H12O4/c9-7(10)5-2-1-3-6(4-5)8(11)12;2*6-1-5(2-7,3-8)4-9/h1-4H,(H,9,10)(H,11,12);2*6-9H,1-4H2. The van der Waals surface area contributed by atoms with E-state index in [1.807, 2.05) is 0 Å². The highest BCUT2D eigenvalue weighted by molar-refractivity contribution is 5.93. The summed E-state index contributed by atoms with van der Waals surface area (Å²) in [5.74, 6) is -2.25. The molecule has 0 aliphatic carbocycles. The zero-order chi connectivity index (χ0) is 23.8. The molecule has 10 N–H and O–H groups in total. The minimum absolute atomic E-state index is 0.0186.